The van der Waals surface area contributed by atoms with Crippen molar-refractivity contribution >= 4 is 44.9 Å². The number of nitrogens with zero attached hydrogens (tertiary/aromatic N) is 1. The van der Waals surface area contributed by atoms with E-state index in [2.05, 4.69) is 5.32 Å². The van der Waals surface area contributed by atoms with Crippen molar-refractivity contribution in [3.05, 3.63) is 65.0 Å². The Morgan fingerprint density at radius 2 is 1.94 bits per heavy atom. The highest BCUT2D eigenvalue weighted by molar-refractivity contribution is 7.20. The van der Waals surface area contributed by atoms with Gasteiger partial charge >= 0.3 is 5.97 Å². The lowest BCUT2D eigenvalue weighted by atomic mass is 9.72. The number of rotatable bonds is 3. The number of nitrogens with one attached hydrogen (secondary N) is 1. The smallest absolute Gasteiger partial charge is 0.311 e. The molecule has 3 atom stereocenters. The Hall–Kier alpha value is -3.19. The van der Waals surface area contributed by atoms with Crippen molar-refractivity contribution in [2.45, 2.75) is 25.3 Å². The van der Waals surface area contributed by atoms with E-state index in [0.29, 0.717) is 10.6 Å². The largest absolute Gasteiger partial charge is 0.466 e. The van der Waals surface area contributed by atoms with Crippen molar-refractivity contribution in [2.75, 3.05) is 18.5 Å². The van der Waals surface area contributed by atoms with E-state index in [4.69, 9.17) is 4.74 Å². The fraction of sp³-hybridized carbons (Fsp3) is 0.292. The Bertz CT molecular complexity index is 1190. The van der Waals surface area contributed by atoms with Gasteiger partial charge in [-0.3, -0.25) is 14.4 Å². The van der Waals surface area contributed by atoms with Gasteiger partial charge in [0.2, 0.25) is 0 Å². The minimum absolute atomic E-state index is 0.134. The summed E-state index contributed by atoms with van der Waals surface area (Å²) in [5.41, 5.74) is 0.341. The highest BCUT2D eigenvalue weighted by Crippen LogP contribution is 2.52. The van der Waals surface area contributed by atoms with Crippen LogP contribution in [0.1, 0.15) is 35.0 Å². The summed E-state index contributed by atoms with van der Waals surface area (Å²) in [6, 6.07) is 17.1. The van der Waals surface area contributed by atoms with Gasteiger partial charge in [-0.1, -0.05) is 36.4 Å². The fourth-order valence-electron chi connectivity index (χ4n) is 4.94. The molecule has 0 radical (unpaired) electrons. The number of hydrogen-bond acceptors (Lipinski definition) is 5. The third-order valence-electron chi connectivity index (χ3n) is 6.42. The first-order valence-electron chi connectivity index (χ1n) is 10.3. The molecule has 0 bridgehead atoms. The molecule has 7 heteroatoms. The lowest BCUT2D eigenvalue weighted by Gasteiger charge is -2.42. The Morgan fingerprint density at radius 1 is 1.19 bits per heavy atom. The van der Waals surface area contributed by atoms with E-state index in [1.807, 2.05) is 54.6 Å². The molecule has 2 aliphatic rings. The molecule has 2 amide bonds. The molecule has 3 aromatic rings. The molecule has 2 aromatic carbocycles. The molecule has 2 aliphatic heterocycles. The second-order valence-corrected chi connectivity index (χ2v) is 9.17. The van der Waals surface area contributed by atoms with Crippen LogP contribution in [0.25, 0.3) is 10.1 Å². The van der Waals surface area contributed by atoms with Crippen LogP contribution in [0.3, 0.4) is 0 Å². The quantitative estimate of drug-likeness (QED) is 0.632. The molecule has 1 N–H and O–H groups in total. The molecule has 0 unspecified atom stereocenters. The van der Waals surface area contributed by atoms with Gasteiger partial charge in [0, 0.05) is 22.8 Å². The van der Waals surface area contributed by atoms with Crippen molar-refractivity contribution in [3.8, 4) is 0 Å². The molecule has 31 heavy (non-hydrogen) atoms. The number of fused-ring (bicyclic) bond motifs is 4. The van der Waals surface area contributed by atoms with Crippen LogP contribution in [-0.2, 0) is 14.3 Å². The summed E-state index contributed by atoms with van der Waals surface area (Å²) < 4.78 is 6.35. The number of likely N-dealkylation sites (tertiary alicyclic amines) is 1. The van der Waals surface area contributed by atoms with Gasteiger partial charge in [0.1, 0.15) is 5.54 Å². The number of anilines is 1. The van der Waals surface area contributed by atoms with E-state index >= 15 is 0 Å². The van der Waals surface area contributed by atoms with E-state index < -0.39 is 17.4 Å². The van der Waals surface area contributed by atoms with Gasteiger partial charge in [0.25, 0.3) is 11.8 Å². The van der Waals surface area contributed by atoms with Crippen LogP contribution in [0, 0.1) is 5.92 Å². The SMILES string of the molecule is CCOC(=O)[C@H]1CN(C(=O)c2cc3ccccc3s2)[C@]2(C)C(=O)Nc3ccccc3[C@H]12. The second-order valence-electron chi connectivity index (χ2n) is 8.09. The maximum Gasteiger partial charge on any atom is 0.311 e. The van der Waals surface area contributed by atoms with Crippen LogP contribution in [-0.4, -0.2) is 41.4 Å². The number of ether oxygens (including phenoxy) is 1. The van der Waals surface area contributed by atoms with Gasteiger partial charge < -0.3 is 15.0 Å². The molecule has 158 valence electrons. The predicted octanol–water partition coefficient (Wildman–Crippen LogP) is 4.03. The molecule has 1 saturated heterocycles. The van der Waals surface area contributed by atoms with Gasteiger partial charge in [-0.05, 0) is 43.0 Å². The lowest BCUT2D eigenvalue weighted by Crippen LogP contribution is -2.57. The van der Waals surface area contributed by atoms with E-state index in [9.17, 15) is 14.4 Å². The van der Waals surface area contributed by atoms with Crippen LogP contribution in [0.5, 0.6) is 0 Å². The van der Waals surface area contributed by atoms with Crippen molar-refractivity contribution in [1.82, 2.24) is 4.90 Å². The number of hydrogen-bond donors (Lipinski definition) is 1. The van der Waals surface area contributed by atoms with E-state index in [1.54, 1.807) is 18.7 Å². The monoisotopic (exact) mass is 434 g/mol. The first kappa shape index (κ1) is 19.8. The van der Waals surface area contributed by atoms with Crippen molar-refractivity contribution in [3.63, 3.8) is 0 Å². The average Bonchev–Trinajstić information content (AvgIpc) is 3.34. The highest BCUT2D eigenvalue weighted by atomic mass is 32.1. The topological polar surface area (TPSA) is 75.7 Å². The number of carbonyl (C=O) groups excluding carboxylic acids is 3. The maximum absolute atomic E-state index is 13.7. The van der Waals surface area contributed by atoms with Gasteiger partial charge in [-0.2, -0.15) is 0 Å². The normalized spacial score (nSPS) is 24.5. The van der Waals surface area contributed by atoms with Crippen molar-refractivity contribution in [2.24, 2.45) is 5.92 Å². The van der Waals surface area contributed by atoms with Crippen LogP contribution < -0.4 is 5.32 Å². The van der Waals surface area contributed by atoms with Gasteiger partial charge in [-0.25, -0.2) is 0 Å². The number of esters is 1. The second kappa shape index (κ2) is 7.20. The minimum atomic E-state index is -1.20. The highest BCUT2D eigenvalue weighted by Gasteiger charge is 2.62. The zero-order valence-corrected chi connectivity index (χ0v) is 18.1. The van der Waals surface area contributed by atoms with Crippen LogP contribution in [0.4, 0.5) is 5.69 Å². The van der Waals surface area contributed by atoms with Gasteiger partial charge in [0.15, 0.2) is 0 Å². The van der Waals surface area contributed by atoms with Gasteiger partial charge in [0.05, 0.1) is 17.4 Å². The molecular formula is C24H22N2O4S. The van der Waals surface area contributed by atoms with Crippen LogP contribution in [0.15, 0.2) is 54.6 Å². The van der Waals surface area contributed by atoms with Crippen LogP contribution >= 0.6 is 11.3 Å². The van der Waals surface area contributed by atoms with E-state index in [1.165, 1.54) is 11.3 Å². The summed E-state index contributed by atoms with van der Waals surface area (Å²) in [5.74, 6) is -1.99. The zero-order chi connectivity index (χ0) is 21.8. The van der Waals surface area contributed by atoms with Crippen molar-refractivity contribution in [1.29, 1.82) is 0 Å². The summed E-state index contributed by atoms with van der Waals surface area (Å²) in [6.45, 7) is 3.90. The number of thiophene rings is 1. The molecule has 6 nitrogen and oxygen atoms in total. The van der Waals surface area contributed by atoms with E-state index in [0.717, 1.165) is 15.6 Å². The zero-order valence-electron chi connectivity index (χ0n) is 17.3. The Morgan fingerprint density at radius 3 is 2.71 bits per heavy atom. The van der Waals surface area contributed by atoms with Gasteiger partial charge in [-0.15, -0.1) is 11.3 Å². The summed E-state index contributed by atoms with van der Waals surface area (Å²) in [5, 5.41) is 3.93. The maximum atomic E-state index is 13.7. The molecule has 3 heterocycles. The summed E-state index contributed by atoms with van der Waals surface area (Å²) in [6.07, 6.45) is 0. The third kappa shape index (κ3) is 2.87. The Labute approximate surface area is 183 Å². The lowest BCUT2D eigenvalue weighted by molar-refractivity contribution is -0.148. The Kier molecular flexibility index (Phi) is 4.59. The number of para-hydroxylation sites is 1. The summed E-state index contributed by atoms with van der Waals surface area (Å²) >= 11 is 1.40. The molecule has 5 rings (SSSR count). The predicted molar refractivity (Wildman–Crippen MR) is 119 cm³/mol. The van der Waals surface area contributed by atoms with Crippen molar-refractivity contribution < 1.29 is 19.1 Å². The minimum Gasteiger partial charge on any atom is -0.466 e. The third-order valence-corrected chi connectivity index (χ3v) is 7.53. The molecule has 1 aromatic heterocycles. The molecule has 0 saturated carbocycles. The summed E-state index contributed by atoms with van der Waals surface area (Å²) in [4.78, 5) is 42.0. The molecule has 0 aliphatic carbocycles. The van der Waals surface area contributed by atoms with Crippen LogP contribution in [0.2, 0.25) is 0 Å². The Balaban J connectivity index is 1.62. The molecule has 1 fully saturated rings. The average molecular weight is 435 g/mol. The number of benzene rings is 2. The fourth-order valence-corrected chi connectivity index (χ4v) is 5.95. The number of carbonyl (C=O) groups is 3. The first-order valence-corrected chi connectivity index (χ1v) is 11.1. The summed E-state index contributed by atoms with van der Waals surface area (Å²) in [7, 11) is 0. The number of amides is 2. The molecular weight excluding hydrogens is 412 g/mol. The molecule has 0 spiro atoms. The van der Waals surface area contributed by atoms with E-state index in [-0.39, 0.29) is 30.9 Å². The standard InChI is InChI=1S/C24H22N2O4S/c1-3-30-22(28)16-13-26(21(27)19-12-14-8-4-7-11-18(14)31-19)24(2)20(16)15-9-5-6-10-17(15)25-23(24)29/h4-12,16,20H,3,13H2,1-2H3,(H,25,29)/t16-,20+,24-/m0/s1. The first-order chi connectivity index (χ1) is 14.9.